The summed E-state index contributed by atoms with van der Waals surface area (Å²) in [6, 6.07) is 5.83. The lowest BCUT2D eigenvalue weighted by Gasteiger charge is -2.34. The average molecular weight is 412 g/mol. The fourth-order valence-corrected chi connectivity index (χ4v) is 4.10. The fourth-order valence-electron chi connectivity index (χ4n) is 4.10. The smallest absolute Gasteiger partial charge is 0.225 e. The van der Waals surface area contributed by atoms with Gasteiger partial charge in [0.05, 0.1) is 32.2 Å². The van der Waals surface area contributed by atoms with Gasteiger partial charge in [0.2, 0.25) is 11.8 Å². The van der Waals surface area contributed by atoms with Crippen LogP contribution in [0.15, 0.2) is 24.4 Å². The minimum Gasteiger partial charge on any atom is -0.489 e. The molecule has 0 radical (unpaired) electrons. The number of rotatable bonds is 6. The average Bonchev–Trinajstić information content (AvgIpc) is 3.17. The molecule has 30 heavy (non-hydrogen) atoms. The molecule has 0 spiro atoms. The number of carbonyl (C=O) groups is 1. The Labute approximate surface area is 176 Å². The predicted octanol–water partition coefficient (Wildman–Crippen LogP) is 2.07. The molecular weight excluding hydrogens is 384 g/mol. The second-order valence-electron chi connectivity index (χ2n) is 7.80. The Hall–Kier alpha value is -2.87. The summed E-state index contributed by atoms with van der Waals surface area (Å²) in [5.41, 5.74) is 3.20. The normalized spacial score (nSPS) is 16.5. The monoisotopic (exact) mass is 412 g/mol. The maximum absolute atomic E-state index is 12.1. The van der Waals surface area contributed by atoms with Crippen molar-refractivity contribution < 1.29 is 19.4 Å². The van der Waals surface area contributed by atoms with E-state index in [0.717, 1.165) is 54.3 Å². The van der Waals surface area contributed by atoms with Crippen LogP contribution in [0, 0.1) is 6.92 Å². The molecular formula is C22H28N4O4. The topological polar surface area (TPSA) is 88.0 Å². The van der Waals surface area contributed by atoms with Gasteiger partial charge in [-0.15, -0.1) is 0 Å². The zero-order valence-corrected chi connectivity index (χ0v) is 17.5. The number of hydrogen-bond acceptors (Lipinski definition) is 7. The molecule has 2 aromatic heterocycles. The van der Waals surface area contributed by atoms with Crippen LogP contribution in [0.3, 0.4) is 0 Å². The molecule has 1 N–H and O–H groups in total. The molecule has 2 aromatic rings. The molecule has 4 heterocycles. The number of piperidine rings is 1. The molecule has 0 atom stereocenters. The number of carbonyl (C=O) groups excluding carboxylic acids is 1. The maximum atomic E-state index is 12.1. The van der Waals surface area contributed by atoms with E-state index in [4.69, 9.17) is 19.6 Å². The van der Waals surface area contributed by atoms with Crippen LogP contribution in [-0.2, 0) is 17.9 Å². The van der Waals surface area contributed by atoms with E-state index in [0.29, 0.717) is 19.0 Å². The first-order chi connectivity index (χ1) is 14.6. The SMILES string of the molecule is COc1ccc(OC2CCN(c3nc4c(cc3C)CN(C(=O)CCO)C4)CC2)cn1. The highest BCUT2D eigenvalue weighted by molar-refractivity contribution is 5.77. The Morgan fingerprint density at radius 2 is 2.07 bits per heavy atom. The number of methoxy groups -OCH3 is 1. The van der Waals surface area contributed by atoms with Gasteiger partial charge in [0, 0.05) is 45.0 Å². The highest BCUT2D eigenvalue weighted by Crippen LogP contribution is 2.30. The Morgan fingerprint density at radius 1 is 1.27 bits per heavy atom. The van der Waals surface area contributed by atoms with Crippen LogP contribution < -0.4 is 14.4 Å². The quantitative estimate of drug-likeness (QED) is 0.777. The van der Waals surface area contributed by atoms with Crippen molar-refractivity contribution in [3.05, 3.63) is 41.2 Å². The molecule has 4 rings (SSSR count). The third-order valence-corrected chi connectivity index (χ3v) is 5.70. The van der Waals surface area contributed by atoms with E-state index in [-0.39, 0.29) is 25.0 Å². The van der Waals surface area contributed by atoms with Crippen molar-refractivity contribution in [2.45, 2.75) is 45.4 Å². The van der Waals surface area contributed by atoms with Crippen LogP contribution in [0.25, 0.3) is 0 Å². The summed E-state index contributed by atoms with van der Waals surface area (Å²) in [5.74, 6) is 2.30. The van der Waals surface area contributed by atoms with Crippen LogP contribution in [0.5, 0.6) is 11.6 Å². The number of nitrogens with zero attached hydrogens (tertiary/aromatic N) is 4. The standard InChI is InChI=1S/C22H28N4O4/c1-15-11-16-13-26(21(28)7-10-27)14-19(16)24-22(15)25-8-5-17(6-9-25)30-18-3-4-20(29-2)23-12-18/h3-4,11-12,17,27H,5-10,13-14H2,1-2H3. The first-order valence-corrected chi connectivity index (χ1v) is 10.4. The van der Waals surface area contributed by atoms with E-state index in [1.807, 2.05) is 6.07 Å². The van der Waals surface area contributed by atoms with Crippen molar-refractivity contribution in [1.29, 1.82) is 0 Å². The number of aliphatic hydroxyl groups excluding tert-OH is 1. The van der Waals surface area contributed by atoms with Gasteiger partial charge in [-0.25, -0.2) is 9.97 Å². The fraction of sp³-hybridized carbons (Fsp3) is 0.500. The second kappa shape index (κ2) is 8.87. The van der Waals surface area contributed by atoms with Gasteiger partial charge in [0.15, 0.2) is 0 Å². The minimum atomic E-state index is -0.118. The molecule has 0 unspecified atom stereocenters. The molecule has 0 saturated carbocycles. The predicted molar refractivity (Wildman–Crippen MR) is 112 cm³/mol. The molecule has 1 amide bonds. The lowest BCUT2D eigenvalue weighted by atomic mass is 10.1. The number of anilines is 1. The molecule has 0 aliphatic carbocycles. The molecule has 160 valence electrons. The van der Waals surface area contributed by atoms with Crippen molar-refractivity contribution in [3.8, 4) is 11.6 Å². The zero-order valence-electron chi connectivity index (χ0n) is 17.5. The summed E-state index contributed by atoms with van der Waals surface area (Å²) >= 11 is 0. The van der Waals surface area contributed by atoms with Crippen molar-refractivity contribution in [3.63, 3.8) is 0 Å². The maximum Gasteiger partial charge on any atom is 0.225 e. The number of amides is 1. The first kappa shape index (κ1) is 20.4. The Bertz CT molecular complexity index is 895. The lowest BCUT2D eigenvalue weighted by molar-refractivity contribution is -0.132. The Kier molecular flexibility index (Phi) is 6.03. The number of hydrogen-bond donors (Lipinski definition) is 1. The molecule has 2 aliphatic heterocycles. The summed E-state index contributed by atoms with van der Waals surface area (Å²) < 4.78 is 11.2. The molecule has 8 heteroatoms. The molecule has 8 nitrogen and oxygen atoms in total. The third kappa shape index (κ3) is 4.33. The van der Waals surface area contributed by atoms with Crippen LogP contribution in [-0.4, -0.2) is 58.8 Å². The Balaban J connectivity index is 1.37. The van der Waals surface area contributed by atoms with Gasteiger partial charge in [-0.05, 0) is 30.2 Å². The van der Waals surface area contributed by atoms with E-state index in [2.05, 4.69) is 22.9 Å². The highest BCUT2D eigenvalue weighted by atomic mass is 16.5. The number of aromatic nitrogens is 2. The largest absolute Gasteiger partial charge is 0.489 e. The van der Waals surface area contributed by atoms with Crippen LogP contribution >= 0.6 is 0 Å². The summed E-state index contributed by atoms with van der Waals surface area (Å²) in [7, 11) is 1.60. The van der Waals surface area contributed by atoms with Crippen LogP contribution in [0.1, 0.15) is 36.1 Å². The van der Waals surface area contributed by atoms with E-state index >= 15 is 0 Å². The van der Waals surface area contributed by atoms with Gasteiger partial charge < -0.3 is 24.4 Å². The molecule has 2 aliphatic rings. The van der Waals surface area contributed by atoms with Gasteiger partial charge in [-0.3, -0.25) is 4.79 Å². The van der Waals surface area contributed by atoms with Crippen molar-refractivity contribution in [1.82, 2.24) is 14.9 Å². The second-order valence-corrected chi connectivity index (χ2v) is 7.80. The number of ether oxygens (including phenoxy) is 2. The number of fused-ring (bicyclic) bond motifs is 1. The van der Waals surface area contributed by atoms with Crippen molar-refractivity contribution in [2.75, 3.05) is 31.7 Å². The summed E-state index contributed by atoms with van der Waals surface area (Å²) in [6.07, 6.45) is 3.83. The Morgan fingerprint density at radius 3 is 2.73 bits per heavy atom. The molecule has 1 fully saturated rings. The van der Waals surface area contributed by atoms with Crippen molar-refractivity contribution >= 4 is 11.7 Å². The van der Waals surface area contributed by atoms with Gasteiger partial charge in [0.25, 0.3) is 0 Å². The van der Waals surface area contributed by atoms with E-state index in [1.54, 1.807) is 24.3 Å². The lowest BCUT2D eigenvalue weighted by Crippen LogP contribution is -2.39. The third-order valence-electron chi connectivity index (χ3n) is 5.70. The van der Waals surface area contributed by atoms with Gasteiger partial charge >= 0.3 is 0 Å². The van der Waals surface area contributed by atoms with Crippen LogP contribution in [0.2, 0.25) is 0 Å². The van der Waals surface area contributed by atoms with Gasteiger partial charge in [-0.2, -0.15) is 0 Å². The van der Waals surface area contributed by atoms with Gasteiger partial charge in [0.1, 0.15) is 17.7 Å². The van der Waals surface area contributed by atoms with Crippen LogP contribution in [0.4, 0.5) is 5.82 Å². The molecule has 0 aromatic carbocycles. The highest BCUT2D eigenvalue weighted by Gasteiger charge is 2.28. The summed E-state index contributed by atoms with van der Waals surface area (Å²) in [4.78, 5) is 25.3. The van der Waals surface area contributed by atoms with E-state index in [1.165, 1.54) is 0 Å². The number of aryl methyl sites for hydroxylation is 1. The first-order valence-electron chi connectivity index (χ1n) is 10.4. The van der Waals surface area contributed by atoms with E-state index < -0.39 is 0 Å². The molecule has 0 bridgehead atoms. The van der Waals surface area contributed by atoms with E-state index in [9.17, 15) is 4.79 Å². The van der Waals surface area contributed by atoms with Gasteiger partial charge in [-0.1, -0.05) is 0 Å². The summed E-state index contributed by atoms with van der Waals surface area (Å²) in [6.45, 7) is 4.79. The number of aliphatic hydroxyl groups is 1. The zero-order chi connectivity index (χ0) is 21.1. The molecule has 1 saturated heterocycles. The minimum absolute atomic E-state index is 0.0271. The summed E-state index contributed by atoms with van der Waals surface area (Å²) in [5, 5.41) is 9.02. The number of pyridine rings is 2. The van der Waals surface area contributed by atoms with Crippen molar-refractivity contribution in [2.24, 2.45) is 0 Å².